The molecule has 0 aliphatic heterocycles. The molecule has 0 saturated carbocycles. The van der Waals surface area contributed by atoms with Crippen LogP contribution in [0.4, 0.5) is 0 Å². The molecule has 0 spiro atoms. The zero-order valence-electron chi connectivity index (χ0n) is 8.75. The lowest BCUT2D eigenvalue weighted by molar-refractivity contribution is 0.112. The molecule has 0 aliphatic carbocycles. The first kappa shape index (κ1) is 10.8. The molecule has 0 N–H and O–H groups in total. The maximum absolute atomic E-state index is 10.5. The Hall–Kier alpha value is -1.31. The van der Waals surface area contributed by atoms with Gasteiger partial charge in [-0.25, -0.2) is 0 Å². The summed E-state index contributed by atoms with van der Waals surface area (Å²) >= 11 is 0. The number of carbonyl (C=O) groups excluding carboxylic acids is 1. The highest BCUT2D eigenvalue weighted by Gasteiger charge is 1.99. The summed E-state index contributed by atoms with van der Waals surface area (Å²) in [5, 5.41) is 0. The highest BCUT2D eigenvalue weighted by Crippen LogP contribution is 2.18. The van der Waals surface area contributed by atoms with Crippen LogP contribution < -0.4 is 4.74 Å². The molecule has 2 heteroatoms. The second-order valence-electron chi connectivity index (χ2n) is 3.34. The third kappa shape index (κ3) is 2.87. The van der Waals surface area contributed by atoms with Crippen LogP contribution in [0.2, 0.25) is 0 Å². The van der Waals surface area contributed by atoms with Gasteiger partial charge in [-0.2, -0.15) is 0 Å². The van der Waals surface area contributed by atoms with Gasteiger partial charge in [-0.05, 0) is 37.1 Å². The minimum Gasteiger partial charge on any atom is -0.493 e. The molecule has 0 saturated heterocycles. The van der Waals surface area contributed by atoms with Gasteiger partial charge in [-0.1, -0.05) is 13.3 Å². The van der Waals surface area contributed by atoms with E-state index in [4.69, 9.17) is 4.74 Å². The summed E-state index contributed by atoms with van der Waals surface area (Å²) in [6, 6.07) is 5.48. The molecule has 0 unspecified atom stereocenters. The average Bonchev–Trinajstić information content (AvgIpc) is 2.20. The van der Waals surface area contributed by atoms with Gasteiger partial charge >= 0.3 is 0 Å². The van der Waals surface area contributed by atoms with E-state index >= 15 is 0 Å². The van der Waals surface area contributed by atoms with Crippen molar-refractivity contribution in [3.8, 4) is 5.75 Å². The number of rotatable bonds is 5. The lowest BCUT2D eigenvalue weighted by atomic mass is 10.1. The second-order valence-corrected chi connectivity index (χ2v) is 3.34. The first-order chi connectivity index (χ1) is 6.77. The summed E-state index contributed by atoms with van der Waals surface area (Å²) in [7, 11) is 0. The quantitative estimate of drug-likeness (QED) is 0.529. The Morgan fingerprint density at radius 1 is 1.43 bits per heavy atom. The van der Waals surface area contributed by atoms with E-state index in [2.05, 4.69) is 6.92 Å². The molecule has 0 radical (unpaired) electrons. The van der Waals surface area contributed by atoms with Gasteiger partial charge in [-0.3, -0.25) is 4.79 Å². The Labute approximate surface area is 84.9 Å². The number of aldehydes is 1. The zero-order valence-corrected chi connectivity index (χ0v) is 8.75. The third-order valence-electron chi connectivity index (χ3n) is 2.09. The molecular weight excluding hydrogens is 176 g/mol. The standard InChI is InChI=1S/C12H16O2/c1-3-4-7-14-12-6-5-11(9-13)8-10(12)2/h5-6,8-9H,3-4,7H2,1-2H3. The average molecular weight is 192 g/mol. The second kappa shape index (κ2) is 5.43. The molecule has 0 aromatic heterocycles. The molecule has 0 aliphatic rings. The van der Waals surface area contributed by atoms with E-state index in [1.165, 1.54) is 0 Å². The predicted molar refractivity (Wildman–Crippen MR) is 57.0 cm³/mol. The Bertz CT molecular complexity index is 305. The van der Waals surface area contributed by atoms with Crippen LogP contribution in [0.3, 0.4) is 0 Å². The monoisotopic (exact) mass is 192 g/mol. The molecule has 1 aromatic rings. The number of hydrogen-bond acceptors (Lipinski definition) is 2. The van der Waals surface area contributed by atoms with Gasteiger partial charge in [0.2, 0.25) is 0 Å². The Morgan fingerprint density at radius 2 is 2.21 bits per heavy atom. The van der Waals surface area contributed by atoms with Crippen molar-refractivity contribution in [2.45, 2.75) is 26.7 Å². The van der Waals surface area contributed by atoms with Gasteiger partial charge < -0.3 is 4.74 Å². The number of hydrogen-bond donors (Lipinski definition) is 0. The third-order valence-corrected chi connectivity index (χ3v) is 2.09. The van der Waals surface area contributed by atoms with E-state index in [0.717, 1.165) is 37.0 Å². The van der Waals surface area contributed by atoms with Crippen LogP contribution in [-0.4, -0.2) is 12.9 Å². The van der Waals surface area contributed by atoms with E-state index < -0.39 is 0 Å². The molecule has 2 nitrogen and oxygen atoms in total. The topological polar surface area (TPSA) is 26.3 Å². The number of carbonyl (C=O) groups is 1. The van der Waals surface area contributed by atoms with Gasteiger partial charge in [0.05, 0.1) is 6.61 Å². The normalized spacial score (nSPS) is 9.86. The fraction of sp³-hybridized carbons (Fsp3) is 0.417. The van der Waals surface area contributed by atoms with Crippen LogP contribution in [0.1, 0.15) is 35.7 Å². The van der Waals surface area contributed by atoms with Gasteiger partial charge in [0, 0.05) is 5.56 Å². The van der Waals surface area contributed by atoms with Crippen molar-refractivity contribution in [2.75, 3.05) is 6.61 Å². The molecule has 0 amide bonds. The maximum Gasteiger partial charge on any atom is 0.150 e. The molecular formula is C12H16O2. The molecule has 0 fully saturated rings. The summed E-state index contributed by atoms with van der Waals surface area (Å²) in [6.45, 7) is 4.83. The number of aryl methyl sites for hydroxylation is 1. The van der Waals surface area contributed by atoms with Crippen molar-refractivity contribution in [3.63, 3.8) is 0 Å². The van der Waals surface area contributed by atoms with E-state index in [1.807, 2.05) is 19.1 Å². The van der Waals surface area contributed by atoms with E-state index in [-0.39, 0.29) is 0 Å². The predicted octanol–water partition coefficient (Wildman–Crippen LogP) is 2.99. The van der Waals surface area contributed by atoms with Gasteiger partial charge in [-0.15, -0.1) is 0 Å². The Kier molecular flexibility index (Phi) is 4.17. The van der Waals surface area contributed by atoms with Gasteiger partial charge in [0.1, 0.15) is 12.0 Å². The summed E-state index contributed by atoms with van der Waals surface area (Å²) in [5.74, 6) is 0.879. The fourth-order valence-electron chi connectivity index (χ4n) is 1.23. The van der Waals surface area contributed by atoms with Crippen molar-refractivity contribution in [1.29, 1.82) is 0 Å². The lowest BCUT2D eigenvalue weighted by Gasteiger charge is -2.08. The lowest BCUT2D eigenvalue weighted by Crippen LogP contribution is -1.98. The largest absolute Gasteiger partial charge is 0.493 e. The molecule has 1 rings (SSSR count). The summed E-state index contributed by atoms with van der Waals surface area (Å²) in [4.78, 5) is 10.5. The van der Waals surface area contributed by atoms with Crippen LogP contribution in [0.25, 0.3) is 0 Å². The number of ether oxygens (including phenoxy) is 1. The van der Waals surface area contributed by atoms with Crippen LogP contribution in [-0.2, 0) is 0 Å². The van der Waals surface area contributed by atoms with Gasteiger partial charge in [0.15, 0.2) is 0 Å². The number of unbranched alkanes of at least 4 members (excludes halogenated alkanes) is 1. The van der Waals surface area contributed by atoms with E-state index in [0.29, 0.717) is 5.56 Å². The molecule has 0 heterocycles. The van der Waals surface area contributed by atoms with Crippen LogP contribution >= 0.6 is 0 Å². The fourth-order valence-corrected chi connectivity index (χ4v) is 1.23. The van der Waals surface area contributed by atoms with Crippen LogP contribution in [0.5, 0.6) is 5.75 Å². The molecule has 1 aromatic carbocycles. The summed E-state index contributed by atoms with van der Waals surface area (Å²) in [6.07, 6.45) is 3.04. The van der Waals surface area contributed by atoms with Crippen molar-refractivity contribution in [1.82, 2.24) is 0 Å². The minimum absolute atomic E-state index is 0.699. The smallest absolute Gasteiger partial charge is 0.150 e. The molecule has 14 heavy (non-hydrogen) atoms. The SMILES string of the molecule is CCCCOc1ccc(C=O)cc1C. The molecule has 76 valence electrons. The van der Waals surface area contributed by atoms with Crippen molar-refractivity contribution in [2.24, 2.45) is 0 Å². The number of benzene rings is 1. The van der Waals surface area contributed by atoms with Crippen LogP contribution in [0.15, 0.2) is 18.2 Å². The van der Waals surface area contributed by atoms with E-state index in [1.54, 1.807) is 6.07 Å². The van der Waals surface area contributed by atoms with Crippen LogP contribution in [0, 0.1) is 6.92 Å². The van der Waals surface area contributed by atoms with Crippen molar-refractivity contribution in [3.05, 3.63) is 29.3 Å². The van der Waals surface area contributed by atoms with Crippen molar-refractivity contribution >= 4 is 6.29 Å². The molecule has 0 atom stereocenters. The first-order valence-corrected chi connectivity index (χ1v) is 4.96. The van der Waals surface area contributed by atoms with Gasteiger partial charge in [0.25, 0.3) is 0 Å². The first-order valence-electron chi connectivity index (χ1n) is 4.96. The summed E-state index contributed by atoms with van der Waals surface area (Å²) < 4.78 is 5.56. The highest BCUT2D eigenvalue weighted by atomic mass is 16.5. The zero-order chi connectivity index (χ0) is 10.4. The minimum atomic E-state index is 0.699. The van der Waals surface area contributed by atoms with Crippen molar-refractivity contribution < 1.29 is 9.53 Å². The Balaban J connectivity index is 2.64. The Morgan fingerprint density at radius 3 is 2.79 bits per heavy atom. The highest BCUT2D eigenvalue weighted by molar-refractivity contribution is 5.75. The molecule has 0 bridgehead atoms. The summed E-state index contributed by atoms with van der Waals surface area (Å²) in [5.41, 5.74) is 1.72. The maximum atomic E-state index is 10.5. The van der Waals surface area contributed by atoms with E-state index in [9.17, 15) is 4.79 Å².